The van der Waals surface area contributed by atoms with Gasteiger partial charge in [0.25, 0.3) is 0 Å². The van der Waals surface area contributed by atoms with Crippen LogP contribution in [0.1, 0.15) is 0 Å². The van der Waals surface area contributed by atoms with Crippen molar-refractivity contribution in [2.24, 2.45) is 0 Å². The highest BCUT2D eigenvalue weighted by Crippen LogP contribution is 2.22. The normalized spacial score (nSPS) is 9.85. The van der Waals surface area contributed by atoms with Gasteiger partial charge >= 0.3 is 0 Å². The van der Waals surface area contributed by atoms with Crippen molar-refractivity contribution >= 4 is 12.1 Å². The summed E-state index contributed by atoms with van der Waals surface area (Å²) >= 11 is 0. The number of halogens is 4. The van der Waals surface area contributed by atoms with Crippen LogP contribution in [0.3, 0.4) is 0 Å². The molecule has 13 heavy (non-hydrogen) atoms. The number of rotatable bonds is 2. The van der Waals surface area contributed by atoms with Crippen molar-refractivity contribution in [2.45, 2.75) is 0 Å². The number of nitrogens with one attached hydrogen (secondary N) is 1. The van der Waals surface area contributed by atoms with E-state index in [-0.39, 0.29) is 6.41 Å². The van der Waals surface area contributed by atoms with Crippen LogP contribution in [0.5, 0.6) is 0 Å². The number of carbonyl (C=O) groups is 1. The Bertz CT molecular complexity index is 327. The fraction of sp³-hybridized carbons (Fsp3) is 0. The molecule has 0 aromatic heterocycles. The predicted molar refractivity (Wildman–Crippen MR) is 34.8 cm³/mol. The summed E-state index contributed by atoms with van der Waals surface area (Å²) in [4.78, 5) is 9.80. The van der Waals surface area contributed by atoms with E-state index < -0.39 is 29.0 Å². The van der Waals surface area contributed by atoms with E-state index in [0.717, 1.165) is 0 Å². The number of carbonyl (C=O) groups excluding carboxylic acids is 1. The molecule has 0 saturated heterocycles. The molecule has 0 aliphatic heterocycles. The quantitative estimate of drug-likeness (QED) is 0.430. The number of anilines is 1. The van der Waals surface area contributed by atoms with Crippen molar-refractivity contribution in [3.05, 3.63) is 29.3 Å². The van der Waals surface area contributed by atoms with E-state index >= 15 is 0 Å². The monoisotopic (exact) mass is 192 g/mol. The van der Waals surface area contributed by atoms with Crippen LogP contribution in [0.4, 0.5) is 23.2 Å². The molecule has 1 aromatic carbocycles. The Kier molecular flexibility index (Phi) is 2.50. The Labute approximate surface area is 70.2 Å². The second-order valence-electron chi connectivity index (χ2n) is 2.02. The number of benzene rings is 1. The summed E-state index contributed by atoms with van der Waals surface area (Å²) < 4.78 is 49.9. The molecule has 69 valence electrons. The van der Waals surface area contributed by atoms with Gasteiger partial charge in [-0.1, -0.05) is 0 Å². The van der Waals surface area contributed by atoms with Crippen molar-refractivity contribution in [1.29, 1.82) is 0 Å². The van der Waals surface area contributed by atoms with Gasteiger partial charge in [0.05, 0.1) is 6.07 Å². The summed E-state index contributed by atoms with van der Waals surface area (Å²) in [6.07, 6.45) is -0.0969. The summed E-state index contributed by atoms with van der Waals surface area (Å²) in [6.45, 7) is 0. The maximum absolute atomic E-state index is 12.6. The van der Waals surface area contributed by atoms with Crippen LogP contribution in [0.2, 0.25) is 0 Å². The Hall–Kier alpha value is -1.59. The largest absolute Gasteiger partial charge is 0.324 e. The molecule has 1 N–H and O–H groups in total. The summed E-state index contributed by atoms with van der Waals surface area (Å²) in [5.41, 5.74) is -1.16. The summed E-state index contributed by atoms with van der Waals surface area (Å²) in [6, 6.07) is 1.17. The highest BCUT2D eigenvalue weighted by Gasteiger charge is 2.18. The van der Waals surface area contributed by atoms with Crippen LogP contribution in [0.15, 0.2) is 0 Å². The molecule has 0 unspecified atom stereocenters. The van der Waals surface area contributed by atoms with E-state index in [1.165, 1.54) is 11.4 Å². The van der Waals surface area contributed by atoms with Crippen LogP contribution in [0, 0.1) is 29.3 Å². The van der Waals surface area contributed by atoms with Gasteiger partial charge in [0, 0.05) is 0 Å². The lowest BCUT2D eigenvalue weighted by Crippen LogP contribution is -2.05. The molecule has 0 spiro atoms. The van der Waals surface area contributed by atoms with Crippen LogP contribution < -0.4 is 5.32 Å². The van der Waals surface area contributed by atoms with Crippen LogP contribution in [0.25, 0.3) is 0 Å². The standard InChI is InChI=1S/C7H2F4NO/c8-3-1-4(9)6(11)7(5(3)10)12-2-13/h2H,(H,12,13). The van der Waals surface area contributed by atoms with Crippen molar-refractivity contribution in [3.8, 4) is 0 Å². The van der Waals surface area contributed by atoms with Gasteiger partial charge in [0.1, 0.15) is 5.69 Å². The highest BCUT2D eigenvalue weighted by molar-refractivity contribution is 5.71. The fourth-order valence-corrected chi connectivity index (χ4v) is 0.708. The van der Waals surface area contributed by atoms with Crippen molar-refractivity contribution < 1.29 is 22.4 Å². The van der Waals surface area contributed by atoms with Gasteiger partial charge in [-0.3, -0.25) is 4.79 Å². The third kappa shape index (κ3) is 1.61. The lowest BCUT2D eigenvalue weighted by molar-refractivity contribution is -0.105. The molecule has 1 rings (SSSR count). The van der Waals surface area contributed by atoms with E-state index in [4.69, 9.17) is 0 Å². The molecule has 1 radical (unpaired) electrons. The first-order valence-electron chi connectivity index (χ1n) is 3.03. The van der Waals surface area contributed by atoms with E-state index in [1.54, 1.807) is 0 Å². The molecule has 0 saturated carbocycles. The summed E-state index contributed by atoms with van der Waals surface area (Å²) in [7, 11) is 0. The highest BCUT2D eigenvalue weighted by atomic mass is 19.2. The molecule has 6 heteroatoms. The first-order chi connectivity index (χ1) is 6.07. The minimum atomic E-state index is -1.69. The number of hydrogen-bond acceptors (Lipinski definition) is 1. The summed E-state index contributed by atoms with van der Waals surface area (Å²) in [5.74, 6) is -6.76. The fourth-order valence-electron chi connectivity index (χ4n) is 0.708. The van der Waals surface area contributed by atoms with Gasteiger partial charge in [-0.25, -0.2) is 17.6 Å². The van der Waals surface area contributed by atoms with Gasteiger partial charge < -0.3 is 5.32 Å². The van der Waals surface area contributed by atoms with E-state index in [0.29, 0.717) is 0 Å². The average Bonchev–Trinajstić information content (AvgIpc) is 2.09. The SMILES string of the molecule is O=CNc1c(F)c(F)[c]c(F)c1F. The molecular weight excluding hydrogens is 190 g/mol. The maximum atomic E-state index is 12.6. The first-order valence-corrected chi connectivity index (χ1v) is 3.03. The predicted octanol–water partition coefficient (Wildman–Crippen LogP) is 1.61. The number of amides is 1. The molecule has 1 amide bonds. The van der Waals surface area contributed by atoms with Crippen LogP contribution in [-0.2, 0) is 4.79 Å². The van der Waals surface area contributed by atoms with Crippen LogP contribution in [-0.4, -0.2) is 6.41 Å². The molecule has 2 nitrogen and oxygen atoms in total. The molecule has 0 heterocycles. The lowest BCUT2D eigenvalue weighted by atomic mass is 10.2. The Morgan fingerprint density at radius 1 is 1.08 bits per heavy atom. The van der Waals surface area contributed by atoms with Crippen LogP contribution >= 0.6 is 0 Å². The van der Waals surface area contributed by atoms with Gasteiger partial charge in [-0.2, -0.15) is 0 Å². The Morgan fingerprint density at radius 3 is 1.92 bits per heavy atom. The smallest absolute Gasteiger partial charge is 0.211 e. The van der Waals surface area contributed by atoms with Gasteiger partial charge in [0.2, 0.25) is 6.41 Å². The molecular formula is C7H2F4NO. The van der Waals surface area contributed by atoms with Gasteiger partial charge in [-0.15, -0.1) is 0 Å². The third-order valence-corrected chi connectivity index (χ3v) is 1.25. The Balaban J connectivity index is 3.36. The van der Waals surface area contributed by atoms with E-state index in [9.17, 15) is 22.4 Å². The molecule has 0 aliphatic carbocycles. The first kappa shape index (κ1) is 9.50. The molecule has 0 aliphatic rings. The maximum Gasteiger partial charge on any atom is 0.211 e. The second-order valence-corrected chi connectivity index (χ2v) is 2.02. The molecule has 1 aromatic rings. The second kappa shape index (κ2) is 3.42. The minimum Gasteiger partial charge on any atom is -0.324 e. The lowest BCUT2D eigenvalue weighted by Gasteiger charge is -2.03. The molecule has 0 bridgehead atoms. The number of hydrogen-bond donors (Lipinski definition) is 1. The van der Waals surface area contributed by atoms with Crippen molar-refractivity contribution in [1.82, 2.24) is 0 Å². The zero-order valence-corrected chi connectivity index (χ0v) is 6.00. The van der Waals surface area contributed by atoms with Crippen molar-refractivity contribution in [2.75, 3.05) is 5.32 Å². The molecule has 0 fully saturated rings. The zero-order valence-electron chi connectivity index (χ0n) is 6.00. The van der Waals surface area contributed by atoms with Gasteiger partial charge in [-0.05, 0) is 0 Å². The van der Waals surface area contributed by atoms with Gasteiger partial charge in [0.15, 0.2) is 23.3 Å². The van der Waals surface area contributed by atoms with E-state index in [2.05, 4.69) is 0 Å². The average molecular weight is 192 g/mol. The van der Waals surface area contributed by atoms with Crippen molar-refractivity contribution in [3.63, 3.8) is 0 Å². The topological polar surface area (TPSA) is 29.1 Å². The zero-order chi connectivity index (χ0) is 10.0. The van der Waals surface area contributed by atoms with E-state index in [1.807, 2.05) is 0 Å². The summed E-state index contributed by atoms with van der Waals surface area (Å²) in [5, 5.41) is 1.50. The minimum absolute atomic E-state index is 0.0969. The Morgan fingerprint density at radius 2 is 1.54 bits per heavy atom. The third-order valence-electron chi connectivity index (χ3n) is 1.25. The molecule has 0 atom stereocenters.